The van der Waals surface area contributed by atoms with Crippen LogP contribution in [0.25, 0.3) is 0 Å². The first-order valence-corrected chi connectivity index (χ1v) is 6.72. The third-order valence-corrected chi connectivity index (χ3v) is 3.53. The van der Waals surface area contributed by atoms with Crippen molar-refractivity contribution in [3.05, 3.63) is 0 Å². The van der Waals surface area contributed by atoms with Crippen molar-refractivity contribution in [3.8, 4) is 0 Å². The summed E-state index contributed by atoms with van der Waals surface area (Å²) in [4.78, 5) is 22.8. The quantitative estimate of drug-likeness (QED) is 0.730. The number of hydrogen-bond donors (Lipinski definition) is 0. The Morgan fingerprint density at radius 3 is 1.88 bits per heavy atom. The first kappa shape index (κ1) is 13.4. The van der Waals surface area contributed by atoms with E-state index in [0.29, 0.717) is 18.6 Å². The molecule has 0 spiro atoms. The lowest BCUT2D eigenvalue weighted by Gasteiger charge is -2.13. The molecule has 1 saturated carbocycles. The van der Waals surface area contributed by atoms with Crippen LogP contribution in [-0.4, -0.2) is 11.6 Å². The smallest absolute Gasteiger partial charge is 0.136 e. The van der Waals surface area contributed by atoms with Gasteiger partial charge in [-0.3, -0.25) is 4.79 Å². The van der Waals surface area contributed by atoms with Crippen molar-refractivity contribution in [3.63, 3.8) is 0 Å². The molecule has 0 radical (unpaired) electrons. The lowest BCUT2D eigenvalue weighted by atomic mass is 9.90. The monoisotopic (exact) mass is 224 g/mol. The number of rotatable bonds is 4. The van der Waals surface area contributed by atoms with Gasteiger partial charge in [0.25, 0.3) is 0 Å². The molecule has 0 bridgehead atoms. The highest BCUT2D eigenvalue weighted by atomic mass is 16.1. The molecule has 0 saturated heterocycles. The second-order valence-corrected chi connectivity index (χ2v) is 5.06. The minimum atomic E-state index is 0.136. The first-order valence-electron chi connectivity index (χ1n) is 6.72. The fraction of sp³-hybridized carbons (Fsp3) is 0.857. The molecule has 2 heteroatoms. The summed E-state index contributed by atoms with van der Waals surface area (Å²) in [7, 11) is 0. The summed E-state index contributed by atoms with van der Waals surface area (Å²) >= 11 is 0. The van der Waals surface area contributed by atoms with E-state index in [1.165, 1.54) is 38.5 Å². The van der Waals surface area contributed by atoms with Crippen molar-refractivity contribution < 1.29 is 9.59 Å². The van der Waals surface area contributed by atoms with Crippen molar-refractivity contribution in [2.24, 2.45) is 5.92 Å². The summed E-state index contributed by atoms with van der Waals surface area (Å²) in [5.74, 6) is 0.714. The van der Waals surface area contributed by atoms with Crippen LogP contribution in [0.4, 0.5) is 0 Å². The van der Waals surface area contributed by atoms with Gasteiger partial charge in [0.05, 0.1) is 0 Å². The number of ketones is 2. The number of hydrogen-bond acceptors (Lipinski definition) is 2. The summed E-state index contributed by atoms with van der Waals surface area (Å²) in [6.45, 7) is 1.57. The Morgan fingerprint density at radius 2 is 1.38 bits per heavy atom. The average molecular weight is 224 g/mol. The Bertz CT molecular complexity index is 223. The van der Waals surface area contributed by atoms with Gasteiger partial charge >= 0.3 is 0 Å². The summed E-state index contributed by atoms with van der Waals surface area (Å²) in [6, 6.07) is 0. The molecule has 0 N–H and O–H groups in total. The van der Waals surface area contributed by atoms with Crippen molar-refractivity contribution in [2.45, 2.75) is 71.1 Å². The van der Waals surface area contributed by atoms with Crippen LogP contribution < -0.4 is 0 Å². The van der Waals surface area contributed by atoms with E-state index in [2.05, 4.69) is 0 Å². The van der Waals surface area contributed by atoms with Gasteiger partial charge in [0.15, 0.2) is 0 Å². The third-order valence-electron chi connectivity index (χ3n) is 3.53. The molecule has 0 aromatic heterocycles. The van der Waals surface area contributed by atoms with Gasteiger partial charge in [-0.25, -0.2) is 0 Å². The second-order valence-electron chi connectivity index (χ2n) is 5.06. The van der Waals surface area contributed by atoms with Crippen LogP contribution in [-0.2, 0) is 9.59 Å². The van der Waals surface area contributed by atoms with Crippen LogP contribution in [0, 0.1) is 5.92 Å². The minimum Gasteiger partial charge on any atom is -0.300 e. The maximum Gasteiger partial charge on any atom is 0.136 e. The third kappa shape index (κ3) is 5.43. The van der Waals surface area contributed by atoms with Gasteiger partial charge in [0.2, 0.25) is 0 Å². The highest BCUT2D eigenvalue weighted by Gasteiger charge is 2.18. The van der Waals surface area contributed by atoms with Crippen LogP contribution in [0.5, 0.6) is 0 Å². The predicted molar refractivity (Wildman–Crippen MR) is 65.3 cm³/mol. The molecule has 16 heavy (non-hydrogen) atoms. The fourth-order valence-corrected chi connectivity index (χ4v) is 2.46. The molecule has 0 aromatic carbocycles. The zero-order valence-corrected chi connectivity index (χ0v) is 10.5. The van der Waals surface area contributed by atoms with Crippen LogP contribution in [0.2, 0.25) is 0 Å². The molecule has 1 fully saturated rings. The molecule has 1 rings (SSSR count). The molecule has 2 nitrogen and oxygen atoms in total. The number of carbonyl (C=O) groups is 2. The normalized spacial score (nSPS) is 19.6. The van der Waals surface area contributed by atoms with E-state index in [4.69, 9.17) is 0 Å². The molecule has 0 atom stereocenters. The molecule has 1 aliphatic rings. The Morgan fingerprint density at radius 1 is 0.875 bits per heavy atom. The zero-order chi connectivity index (χ0) is 11.8. The molecule has 0 aliphatic heterocycles. The SMILES string of the molecule is CC(=O)CCC(=O)C1CCCCCCCC1. The van der Waals surface area contributed by atoms with E-state index in [9.17, 15) is 9.59 Å². The molecule has 0 unspecified atom stereocenters. The molecule has 92 valence electrons. The average Bonchev–Trinajstić information content (AvgIpc) is 2.38. The van der Waals surface area contributed by atoms with Crippen molar-refractivity contribution in [1.29, 1.82) is 0 Å². The Balaban J connectivity index is 2.35. The van der Waals surface area contributed by atoms with Crippen LogP contribution in [0.1, 0.15) is 71.1 Å². The molecule has 0 aromatic rings. The van der Waals surface area contributed by atoms with Gasteiger partial charge in [0.1, 0.15) is 11.6 Å². The summed E-state index contributed by atoms with van der Waals surface area (Å²) in [5.41, 5.74) is 0. The minimum absolute atomic E-state index is 0.136. The number of carbonyl (C=O) groups excluding carboxylic acids is 2. The lowest BCUT2D eigenvalue weighted by Crippen LogP contribution is -2.15. The van der Waals surface area contributed by atoms with Gasteiger partial charge in [-0.05, 0) is 19.8 Å². The highest BCUT2D eigenvalue weighted by Crippen LogP contribution is 2.23. The summed E-state index contributed by atoms with van der Waals surface area (Å²) in [5, 5.41) is 0. The van der Waals surface area contributed by atoms with E-state index in [0.717, 1.165) is 12.8 Å². The molecular weight excluding hydrogens is 200 g/mol. The lowest BCUT2D eigenvalue weighted by molar-refractivity contribution is -0.126. The van der Waals surface area contributed by atoms with E-state index in [1.807, 2.05) is 0 Å². The van der Waals surface area contributed by atoms with E-state index in [-0.39, 0.29) is 11.7 Å². The Kier molecular flexibility index (Phi) is 6.36. The maximum absolute atomic E-state index is 11.9. The largest absolute Gasteiger partial charge is 0.300 e. The van der Waals surface area contributed by atoms with Gasteiger partial charge in [-0.2, -0.15) is 0 Å². The predicted octanol–water partition coefficient (Wildman–Crippen LogP) is 3.68. The van der Waals surface area contributed by atoms with Crippen molar-refractivity contribution in [2.75, 3.05) is 0 Å². The van der Waals surface area contributed by atoms with Crippen LogP contribution in [0.3, 0.4) is 0 Å². The highest BCUT2D eigenvalue weighted by molar-refractivity contribution is 5.86. The zero-order valence-electron chi connectivity index (χ0n) is 10.5. The van der Waals surface area contributed by atoms with Gasteiger partial charge in [-0.1, -0.05) is 38.5 Å². The summed E-state index contributed by atoms with van der Waals surface area (Å²) < 4.78 is 0. The molecule has 0 heterocycles. The van der Waals surface area contributed by atoms with Crippen molar-refractivity contribution in [1.82, 2.24) is 0 Å². The standard InChI is InChI=1S/C14H24O2/c1-12(15)10-11-14(16)13-8-6-4-2-3-5-7-9-13/h13H,2-11H2,1H3. The maximum atomic E-state index is 11.9. The van der Waals surface area contributed by atoms with E-state index < -0.39 is 0 Å². The first-order chi connectivity index (χ1) is 7.70. The van der Waals surface area contributed by atoms with Crippen molar-refractivity contribution >= 4 is 11.6 Å². The molecular formula is C14H24O2. The Hall–Kier alpha value is -0.660. The van der Waals surface area contributed by atoms with E-state index in [1.54, 1.807) is 6.92 Å². The molecule has 1 aliphatic carbocycles. The Labute approximate surface area is 98.8 Å². The van der Waals surface area contributed by atoms with Gasteiger partial charge < -0.3 is 4.79 Å². The summed E-state index contributed by atoms with van der Waals surface area (Å²) in [6.07, 6.45) is 10.6. The second kappa shape index (κ2) is 7.59. The fourth-order valence-electron chi connectivity index (χ4n) is 2.46. The van der Waals surface area contributed by atoms with Gasteiger partial charge in [-0.15, -0.1) is 0 Å². The molecule has 0 amide bonds. The topological polar surface area (TPSA) is 34.1 Å². The van der Waals surface area contributed by atoms with Gasteiger partial charge in [0, 0.05) is 18.8 Å². The van der Waals surface area contributed by atoms with Crippen LogP contribution >= 0.6 is 0 Å². The van der Waals surface area contributed by atoms with Crippen LogP contribution in [0.15, 0.2) is 0 Å². The van der Waals surface area contributed by atoms with E-state index >= 15 is 0 Å². The number of Topliss-reactive ketones (excluding diaryl/α,β-unsaturated/α-hetero) is 2.